The number of rotatable bonds is 6. The van der Waals surface area contributed by atoms with Gasteiger partial charge in [0, 0.05) is 0 Å². The van der Waals surface area contributed by atoms with Gasteiger partial charge in [-0.15, -0.1) is 0 Å². The molecule has 0 aliphatic rings. The van der Waals surface area contributed by atoms with E-state index in [0.717, 1.165) is 17.5 Å². The van der Waals surface area contributed by atoms with Crippen LogP contribution in [0, 0.1) is 0 Å². The fourth-order valence-electron chi connectivity index (χ4n) is 1.52. The minimum absolute atomic E-state index is 0.0939. The molecule has 2 heteroatoms. The molecule has 1 aromatic carbocycles. The largest absolute Gasteiger partial charge is 0.481 e. The zero-order chi connectivity index (χ0) is 11.8. The molecule has 1 aromatic rings. The summed E-state index contributed by atoms with van der Waals surface area (Å²) in [7, 11) is 0. The molecule has 0 radical (unpaired) electrons. The van der Waals surface area contributed by atoms with Crippen molar-refractivity contribution in [1.29, 1.82) is 0 Å². The summed E-state index contributed by atoms with van der Waals surface area (Å²) < 4.78 is 0. The highest BCUT2D eigenvalue weighted by Crippen LogP contribution is 2.09. The Labute approximate surface area is 96.6 Å². The van der Waals surface area contributed by atoms with Crippen molar-refractivity contribution in [3.8, 4) is 0 Å². The highest BCUT2D eigenvalue weighted by atomic mass is 16.4. The van der Waals surface area contributed by atoms with Crippen LogP contribution in [0.25, 0.3) is 6.08 Å². The van der Waals surface area contributed by atoms with Crippen LogP contribution in [0.15, 0.2) is 30.3 Å². The summed E-state index contributed by atoms with van der Waals surface area (Å²) in [5.41, 5.74) is 1.93. The molecule has 16 heavy (non-hydrogen) atoms. The number of hydrogen-bond acceptors (Lipinski definition) is 1. The molecule has 86 valence electrons. The van der Waals surface area contributed by atoms with Gasteiger partial charge < -0.3 is 5.11 Å². The summed E-state index contributed by atoms with van der Waals surface area (Å²) in [6.45, 7) is 2.17. The van der Waals surface area contributed by atoms with Crippen molar-refractivity contribution in [2.75, 3.05) is 0 Å². The maximum atomic E-state index is 10.6. The van der Waals surface area contributed by atoms with Crippen molar-refractivity contribution in [2.45, 2.75) is 32.6 Å². The van der Waals surface area contributed by atoms with E-state index in [2.05, 4.69) is 19.1 Å². The SMILES string of the molecule is CCCCC=Cc1cccc(CC(=O)O)c1. The van der Waals surface area contributed by atoms with Crippen LogP contribution in [-0.4, -0.2) is 11.1 Å². The average molecular weight is 218 g/mol. The molecule has 0 bridgehead atoms. The molecule has 0 fully saturated rings. The quantitative estimate of drug-likeness (QED) is 0.742. The number of unbranched alkanes of at least 4 members (excludes halogenated alkanes) is 2. The zero-order valence-electron chi connectivity index (χ0n) is 9.65. The number of allylic oxidation sites excluding steroid dienone is 1. The van der Waals surface area contributed by atoms with E-state index in [1.165, 1.54) is 12.8 Å². The van der Waals surface area contributed by atoms with Crippen molar-refractivity contribution in [2.24, 2.45) is 0 Å². The summed E-state index contributed by atoms with van der Waals surface area (Å²) in [6.07, 6.45) is 7.77. The van der Waals surface area contributed by atoms with E-state index in [9.17, 15) is 4.79 Å². The minimum atomic E-state index is -0.785. The summed E-state index contributed by atoms with van der Waals surface area (Å²) >= 11 is 0. The molecule has 0 aliphatic heterocycles. The van der Waals surface area contributed by atoms with Gasteiger partial charge in [0.15, 0.2) is 0 Å². The summed E-state index contributed by atoms with van der Waals surface area (Å²) in [5, 5.41) is 8.69. The smallest absolute Gasteiger partial charge is 0.307 e. The van der Waals surface area contributed by atoms with Gasteiger partial charge in [0.1, 0.15) is 0 Å². The fraction of sp³-hybridized carbons (Fsp3) is 0.357. The van der Waals surface area contributed by atoms with Gasteiger partial charge in [-0.2, -0.15) is 0 Å². The summed E-state index contributed by atoms with van der Waals surface area (Å²) in [6, 6.07) is 7.67. The Morgan fingerprint density at radius 1 is 1.44 bits per heavy atom. The Kier molecular flexibility index (Phi) is 5.34. The lowest BCUT2D eigenvalue weighted by Crippen LogP contribution is -1.99. The lowest BCUT2D eigenvalue weighted by Gasteiger charge is -1.99. The molecule has 0 aliphatic carbocycles. The molecule has 0 atom stereocenters. The highest BCUT2D eigenvalue weighted by molar-refractivity contribution is 5.70. The monoisotopic (exact) mass is 218 g/mol. The molecule has 1 N–H and O–H groups in total. The van der Waals surface area contributed by atoms with Crippen LogP contribution in [0.1, 0.15) is 37.3 Å². The number of benzene rings is 1. The molecule has 0 spiro atoms. The number of hydrogen-bond donors (Lipinski definition) is 1. The van der Waals surface area contributed by atoms with Gasteiger partial charge in [-0.1, -0.05) is 56.2 Å². The second-order valence-corrected chi connectivity index (χ2v) is 3.86. The molecule has 0 unspecified atom stereocenters. The lowest BCUT2D eigenvalue weighted by molar-refractivity contribution is -0.136. The van der Waals surface area contributed by atoms with E-state index >= 15 is 0 Å². The predicted octanol–water partition coefficient (Wildman–Crippen LogP) is 3.52. The Bertz CT molecular complexity index is 367. The molecule has 2 nitrogen and oxygen atoms in total. The standard InChI is InChI=1S/C14H18O2/c1-2-3-4-5-7-12-8-6-9-13(10-12)11-14(15)16/h5-10H,2-4,11H2,1H3,(H,15,16). The molecule has 0 amide bonds. The molecule has 0 saturated heterocycles. The van der Waals surface area contributed by atoms with Crippen LogP contribution in [0.4, 0.5) is 0 Å². The number of aliphatic carboxylic acids is 1. The summed E-state index contributed by atoms with van der Waals surface area (Å²) in [5.74, 6) is -0.785. The third-order valence-corrected chi connectivity index (χ3v) is 2.34. The molecule has 0 heterocycles. The normalized spacial score (nSPS) is 10.8. The van der Waals surface area contributed by atoms with E-state index < -0.39 is 5.97 Å². The van der Waals surface area contributed by atoms with E-state index in [0.29, 0.717) is 0 Å². The van der Waals surface area contributed by atoms with Crippen molar-refractivity contribution in [3.05, 3.63) is 41.5 Å². The van der Waals surface area contributed by atoms with E-state index in [1.807, 2.05) is 24.3 Å². The number of carbonyl (C=O) groups is 1. The molecular weight excluding hydrogens is 200 g/mol. The lowest BCUT2D eigenvalue weighted by atomic mass is 10.1. The number of carboxylic acid groups (broad SMARTS) is 1. The first-order valence-electron chi connectivity index (χ1n) is 5.69. The predicted molar refractivity (Wildman–Crippen MR) is 66.3 cm³/mol. The van der Waals surface area contributed by atoms with Crippen LogP contribution in [0.2, 0.25) is 0 Å². The molecular formula is C14H18O2. The van der Waals surface area contributed by atoms with Crippen molar-refractivity contribution in [3.63, 3.8) is 0 Å². The second-order valence-electron chi connectivity index (χ2n) is 3.86. The first-order chi connectivity index (χ1) is 7.72. The third-order valence-electron chi connectivity index (χ3n) is 2.34. The Balaban J connectivity index is 2.59. The van der Waals surface area contributed by atoms with Gasteiger partial charge in [0.05, 0.1) is 6.42 Å². The first kappa shape index (κ1) is 12.5. The number of carboxylic acids is 1. The van der Waals surface area contributed by atoms with Crippen LogP contribution in [-0.2, 0) is 11.2 Å². The van der Waals surface area contributed by atoms with E-state index in [4.69, 9.17) is 5.11 Å². The van der Waals surface area contributed by atoms with Gasteiger partial charge in [-0.25, -0.2) is 0 Å². The Morgan fingerprint density at radius 3 is 2.94 bits per heavy atom. The van der Waals surface area contributed by atoms with Gasteiger partial charge >= 0.3 is 5.97 Å². The molecule has 0 saturated carbocycles. The third kappa shape index (κ3) is 4.78. The van der Waals surface area contributed by atoms with Crippen molar-refractivity contribution < 1.29 is 9.90 Å². The first-order valence-corrected chi connectivity index (χ1v) is 5.69. The zero-order valence-corrected chi connectivity index (χ0v) is 9.65. The van der Waals surface area contributed by atoms with Gasteiger partial charge in [0.25, 0.3) is 0 Å². The highest BCUT2D eigenvalue weighted by Gasteiger charge is 1.99. The minimum Gasteiger partial charge on any atom is -0.481 e. The van der Waals surface area contributed by atoms with Crippen LogP contribution < -0.4 is 0 Å². The van der Waals surface area contributed by atoms with Crippen LogP contribution in [0.3, 0.4) is 0 Å². The fourth-order valence-corrected chi connectivity index (χ4v) is 1.52. The topological polar surface area (TPSA) is 37.3 Å². The molecule has 1 rings (SSSR count). The Morgan fingerprint density at radius 2 is 2.25 bits per heavy atom. The van der Waals surface area contributed by atoms with Gasteiger partial charge in [-0.05, 0) is 17.5 Å². The van der Waals surface area contributed by atoms with Crippen LogP contribution in [0.5, 0.6) is 0 Å². The second kappa shape index (κ2) is 6.83. The maximum Gasteiger partial charge on any atom is 0.307 e. The van der Waals surface area contributed by atoms with Gasteiger partial charge in [0.2, 0.25) is 0 Å². The van der Waals surface area contributed by atoms with E-state index in [1.54, 1.807) is 0 Å². The van der Waals surface area contributed by atoms with Crippen LogP contribution >= 0.6 is 0 Å². The Hall–Kier alpha value is -1.57. The van der Waals surface area contributed by atoms with Crippen molar-refractivity contribution in [1.82, 2.24) is 0 Å². The molecule has 0 aromatic heterocycles. The van der Waals surface area contributed by atoms with Gasteiger partial charge in [-0.3, -0.25) is 4.79 Å². The summed E-state index contributed by atoms with van der Waals surface area (Å²) in [4.78, 5) is 10.6. The van der Waals surface area contributed by atoms with Crippen molar-refractivity contribution >= 4 is 12.0 Å². The maximum absolute atomic E-state index is 10.6. The van der Waals surface area contributed by atoms with E-state index in [-0.39, 0.29) is 6.42 Å². The average Bonchev–Trinajstić information content (AvgIpc) is 2.24.